The second-order valence-electron chi connectivity index (χ2n) is 8.06. The van der Waals surface area contributed by atoms with Crippen molar-refractivity contribution in [2.45, 2.75) is 25.6 Å². The molecule has 4 atom stereocenters. The van der Waals surface area contributed by atoms with Gasteiger partial charge in [0.2, 0.25) is 5.91 Å². The number of benzene rings is 1. The van der Waals surface area contributed by atoms with E-state index in [2.05, 4.69) is 4.90 Å². The van der Waals surface area contributed by atoms with Gasteiger partial charge < -0.3 is 14.6 Å². The molecule has 4 rings (SSSR count). The lowest BCUT2D eigenvalue weighted by Gasteiger charge is -2.31. The standard InChI is InChI=1S/C22H26FN3O3/c1-4-25-19-16(17(12-27)20(25)22(29)24(2)3)11-26-18(19)10-9-15(21(26)28)13-5-7-14(23)8-6-13/h5-10,16-17,19-20,27H,4,11-12H2,1-3H3/t16-,17-,19+,20-/m1/s1. The van der Waals surface area contributed by atoms with Crippen LogP contribution in [0.25, 0.3) is 11.1 Å². The molecule has 154 valence electrons. The number of aromatic nitrogens is 1. The second kappa shape index (κ2) is 7.39. The highest BCUT2D eigenvalue weighted by atomic mass is 19.1. The lowest BCUT2D eigenvalue weighted by Crippen LogP contribution is -2.47. The van der Waals surface area contributed by atoms with E-state index in [0.717, 1.165) is 5.69 Å². The van der Waals surface area contributed by atoms with Gasteiger partial charge in [-0.3, -0.25) is 14.5 Å². The number of fused-ring (bicyclic) bond motifs is 3. The Morgan fingerprint density at radius 2 is 1.90 bits per heavy atom. The molecule has 2 aliphatic heterocycles. The molecule has 1 saturated heterocycles. The third-order valence-electron chi connectivity index (χ3n) is 6.41. The summed E-state index contributed by atoms with van der Waals surface area (Å²) in [6, 6.07) is 9.15. The third-order valence-corrected chi connectivity index (χ3v) is 6.41. The number of halogens is 1. The predicted octanol–water partition coefficient (Wildman–Crippen LogP) is 1.73. The molecule has 0 spiro atoms. The number of hydrogen-bond acceptors (Lipinski definition) is 4. The van der Waals surface area contributed by atoms with Gasteiger partial charge in [-0.1, -0.05) is 19.1 Å². The minimum Gasteiger partial charge on any atom is -0.396 e. The van der Waals surface area contributed by atoms with E-state index in [1.165, 1.54) is 12.1 Å². The fourth-order valence-electron chi connectivity index (χ4n) is 5.07. The molecule has 2 aromatic rings. The van der Waals surface area contributed by atoms with Crippen LogP contribution < -0.4 is 5.56 Å². The number of amides is 1. The van der Waals surface area contributed by atoms with Gasteiger partial charge in [0.25, 0.3) is 5.56 Å². The van der Waals surface area contributed by atoms with Crippen LogP contribution in [-0.4, -0.2) is 58.7 Å². The number of likely N-dealkylation sites (N-methyl/N-ethyl adjacent to an activating group) is 2. The van der Waals surface area contributed by atoms with Crippen LogP contribution in [-0.2, 0) is 11.3 Å². The number of nitrogens with zero attached hydrogens (tertiary/aromatic N) is 3. The van der Waals surface area contributed by atoms with Gasteiger partial charge in [-0.05, 0) is 36.4 Å². The highest BCUT2D eigenvalue weighted by Crippen LogP contribution is 2.49. The smallest absolute Gasteiger partial charge is 0.258 e. The monoisotopic (exact) mass is 399 g/mol. The average Bonchev–Trinajstić information content (AvgIpc) is 3.23. The van der Waals surface area contributed by atoms with E-state index >= 15 is 0 Å². The Labute approximate surface area is 169 Å². The Hall–Kier alpha value is -2.51. The van der Waals surface area contributed by atoms with Gasteiger partial charge >= 0.3 is 0 Å². The highest BCUT2D eigenvalue weighted by Gasteiger charge is 2.55. The fraction of sp³-hybridized carbons (Fsp3) is 0.455. The van der Waals surface area contributed by atoms with E-state index < -0.39 is 6.04 Å². The first-order valence-corrected chi connectivity index (χ1v) is 9.96. The summed E-state index contributed by atoms with van der Waals surface area (Å²) in [7, 11) is 3.46. The van der Waals surface area contributed by atoms with Crippen LogP contribution in [0.2, 0.25) is 0 Å². The minimum atomic E-state index is -0.393. The normalized spacial score (nSPS) is 25.7. The Balaban J connectivity index is 1.77. The van der Waals surface area contributed by atoms with Gasteiger partial charge in [0.15, 0.2) is 0 Å². The van der Waals surface area contributed by atoms with Crippen molar-refractivity contribution in [3.63, 3.8) is 0 Å². The summed E-state index contributed by atoms with van der Waals surface area (Å²) in [6.07, 6.45) is 0. The number of carbonyl (C=O) groups is 1. The summed E-state index contributed by atoms with van der Waals surface area (Å²) in [4.78, 5) is 29.7. The van der Waals surface area contributed by atoms with Gasteiger partial charge in [0.05, 0.1) is 12.1 Å². The molecule has 3 heterocycles. The number of aliphatic hydroxyl groups excluding tert-OH is 1. The maximum Gasteiger partial charge on any atom is 0.258 e. The fourth-order valence-corrected chi connectivity index (χ4v) is 5.07. The number of pyridine rings is 1. The molecule has 0 aliphatic carbocycles. The van der Waals surface area contributed by atoms with Gasteiger partial charge in [-0.25, -0.2) is 4.39 Å². The van der Waals surface area contributed by atoms with E-state index in [4.69, 9.17) is 0 Å². The molecule has 0 unspecified atom stereocenters. The van der Waals surface area contributed by atoms with E-state index in [0.29, 0.717) is 24.2 Å². The first-order valence-electron chi connectivity index (χ1n) is 9.96. The molecule has 1 fully saturated rings. The minimum absolute atomic E-state index is 0.00924. The Morgan fingerprint density at radius 1 is 1.21 bits per heavy atom. The number of rotatable bonds is 4. The summed E-state index contributed by atoms with van der Waals surface area (Å²) < 4.78 is 15.0. The highest BCUT2D eigenvalue weighted by molar-refractivity contribution is 5.82. The summed E-state index contributed by atoms with van der Waals surface area (Å²) in [6.45, 7) is 3.01. The lowest BCUT2D eigenvalue weighted by molar-refractivity contribution is -0.135. The molecule has 6 nitrogen and oxygen atoms in total. The first-order chi connectivity index (χ1) is 13.9. The van der Waals surface area contributed by atoms with Crippen molar-refractivity contribution in [1.82, 2.24) is 14.4 Å². The molecule has 0 saturated carbocycles. The van der Waals surface area contributed by atoms with Gasteiger partial charge in [-0.2, -0.15) is 0 Å². The van der Waals surface area contributed by atoms with Crippen molar-refractivity contribution in [3.05, 3.63) is 58.3 Å². The van der Waals surface area contributed by atoms with Crippen molar-refractivity contribution in [2.75, 3.05) is 27.2 Å². The van der Waals surface area contributed by atoms with Crippen LogP contribution in [0.1, 0.15) is 18.7 Å². The molecule has 1 amide bonds. The summed E-state index contributed by atoms with van der Waals surface area (Å²) in [5, 5.41) is 10.1. The molecule has 1 aromatic carbocycles. The molecule has 1 N–H and O–H groups in total. The largest absolute Gasteiger partial charge is 0.396 e. The van der Waals surface area contributed by atoms with Crippen LogP contribution in [0.15, 0.2) is 41.2 Å². The number of hydrogen-bond donors (Lipinski definition) is 1. The number of carbonyl (C=O) groups excluding carboxylic acids is 1. The van der Waals surface area contributed by atoms with E-state index in [1.54, 1.807) is 41.8 Å². The quantitative estimate of drug-likeness (QED) is 0.850. The van der Waals surface area contributed by atoms with Crippen LogP contribution in [0.4, 0.5) is 4.39 Å². The van der Waals surface area contributed by atoms with Crippen molar-refractivity contribution in [3.8, 4) is 11.1 Å². The topological polar surface area (TPSA) is 65.8 Å². The van der Waals surface area contributed by atoms with Gasteiger partial charge in [-0.15, -0.1) is 0 Å². The molecule has 2 aliphatic rings. The van der Waals surface area contributed by atoms with Crippen LogP contribution in [0.3, 0.4) is 0 Å². The van der Waals surface area contributed by atoms with Crippen molar-refractivity contribution >= 4 is 5.91 Å². The molecular weight excluding hydrogens is 373 g/mol. The van der Waals surface area contributed by atoms with Crippen LogP contribution in [0.5, 0.6) is 0 Å². The Bertz CT molecular complexity index is 986. The summed E-state index contributed by atoms with van der Waals surface area (Å²) in [5.74, 6) is -0.601. The zero-order valence-electron chi connectivity index (χ0n) is 16.9. The zero-order chi connectivity index (χ0) is 20.9. The SMILES string of the molecule is CCN1[C@@H]2c3ccc(-c4ccc(F)cc4)c(=O)n3C[C@@H]2[C@@H](CO)[C@@H]1C(=O)N(C)C. The third kappa shape index (κ3) is 3.00. The molecule has 0 bridgehead atoms. The summed E-state index contributed by atoms with van der Waals surface area (Å²) >= 11 is 0. The van der Waals surface area contributed by atoms with Crippen molar-refractivity contribution in [2.24, 2.45) is 11.8 Å². The zero-order valence-corrected chi connectivity index (χ0v) is 16.9. The van der Waals surface area contributed by atoms with Crippen molar-refractivity contribution in [1.29, 1.82) is 0 Å². The number of aliphatic hydroxyl groups is 1. The Kier molecular flexibility index (Phi) is 5.04. The van der Waals surface area contributed by atoms with Gasteiger partial charge in [0, 0.05) is 50.3 Å². The average molecular weight is 399 g/mol. The summed E-state index contributed by atoms with van der Waals surface area (Å²) in [5.41, 5.74) is 1.96. The first kappa shape index (κ1) is 19.8. The number of likely N-dealkylation sites (tertiary alicyclic amines) is 1. The second-order valence-corrected chi connectivity index (χ2v) is 8.06. The van der Waals surface area contributed by atoms with E-state index in [9.17, 15) is 19.1 Å². The van der Waals surface area contributed by atoms with Crippen LogP contribution in [0, 0.1) is 17.7 Å². The molecule has 29 heavy (non-hydrogen) atoms. The Morgan fingerprint density at radius 3 is 2.48 bits per heavy atom. The maximum absolute atomic E-state index is 13.3. The maximum atomic E-state index is 13.3. The van der Waals surface area contributed by atoms with Crippen LogP contribution >= 0.6 is 0 Å². The molecule has 1 aromatic heterocycles. The lowest BCUT2D eigenvalue weighted by atomic mass is 9.88. The van der Waals surface area contributed by atoms with E-state index in [1.807, 2.05) is 13.0 Å². The van der Waals surface area contributed by atoms with E-state index in [-0.39, 0.29) is 41.8 Å². The predicted molar refractivity (Wildman–Crippen MR) is 108 cm³/mol. The van der Waals surface area contributed by atoms with Crippen molar-refractivity contribution < 1.29 is 14.3 Å². The molecule has 0 radical (unpaired) electrons. The molecule has 7 heteroatoms. The molecular formula is C22H26FN3O3. The van der Waals surface area contributed by atoms with Gasteiger partial charge in [0.1, 0.15) is 5.82 Å².